The van der Waals surface area contributed by atoms with Gasteiger partial charge < -0.3 is 10.5 Å². The van der Waals surface area contributed by atoms with Gasteiger partial charge in [-0.1, -0.05) is 17.7 Å². The summed E-state index contributed by atoms with van der Waals surface area (Å²) in [5.74, 6) is 0.871. The number of fused-ring (bicyclic) bond motifs is 1. The minimum atomic E-state index is -0.294. The molecule has 0 bridgehead atoms. The molecule has 0 amide bonds. The predicted molar refractivity (Wildman–Crippen MR) is 53.2 cm³/mol. The third kappa shape index (κ3) is 1.64. The van der Waals surface area contributed by atoms with Crippen LogP contribution < -0.4 is 10.5 Å². The molecule has 1 heterocycles. The Morgan fingerprint density at radius 2 is 2.31 bits per heavy atom. The predicted octanol–water partition coefficient (Wildman–Crippen LogP) is 1.99. The van der Waals surface area contributed by atoms with Crippen molar-refractivity contribution in [2.75, 3.05) is 6.61 Å². The molecule has 13 heavy (non-hydrogen) atoms. The van der Waals surface area contributed by atoms with E-state index in [0.717, 1.165) is 22.8 Å². The molecule has 0 spiro atoms. The van der Waals surface area contributed by atoms with Gasteiger partial charge in [0.1, 0.15) is 12.4 Å². The molecule has 2 rings (SSSR count). The summed E-state index contributed by atoms with van der Waals surface area (Å²) in [5, 5.41) is 0.744. The zero-order chi connectivity index (χ0) is 9.47. The van der Waals surface area contributed by atoms with Crippen LogP contribution >= 0.6 is 11.6 Å². The summed E-state index contributed by atoms with van der Waals surface area (Å²) in [7, 11) is 0. The first-order valence-electron chi connectivity index (χ1n) is 4.28. The molecule has 1 atom stereocenters. The van der Waals surface area contributed by atoms with Crippen LogP contribution in [0.5, 0.6) is 5.75 Å². The van der Waals surface area contributed by atoms with Gasteiger partial charge in [0.2, 0.25) is 0 Å². The smallest absolute Gasteiger partial charge is 0.124 e. The van der Waals surface area contributed by atoms with E-state index in [2.05, 4.69) is 0 Å². The highest BCUT2D eigenvalue weighted by atomic mass is 35.5. The monoisotopic (exact) mass is 197 g/mol. The molecule has 1 unspecified atom stereocenters. The van der Waals surface area contributed by atoms with Gasteiger partial charge in [0.25, 0.3) is 0 Å². The quantitative estimate of drug-likeness (QED) is 0.691. The Kier molecular flexibility index (Phi) is 1.97. The number of benzene rings is 1. The second kappa shape index (κ2) is 2.89. The Bertz CT molecular complexity index is 336. The topological polar surface area (TPSA) is 35.2 Å². The molecule has 1 aliphatic rings. The van der Waals surface area contributed by atoms with Crippen molar-refractivity contribution in [3.63, 3.8) is 0 Å². The zero-order valence-corrected chi connectivity index (χ0v) is 8.27. The highest BCUT2D eigenvalue weighted by molar-refractivity contribution is 6.31. The van der Waals surface area contributed by atoms with E-state index in [9.17, 15) is 0 Å². The number of hydrogen-bond acceptors (Lipinski definition) is 2. The average molecular weight is 198 g/mol. The van der Waals surface area contributed by atoms with Gasteiger partial charge in [-0.05, 0) is 25.5 Å². The van der Waals surface area contributed by atoms with Crippen molar-refractivity contribution in [2.45, 2.75) is 18.9 Å². The van der Waals surface area contributed by atoms with E-state index in [-0.39, 0.29) is 5.54 Å². The molecule has 3 heteroatoms. The van der Waals surface area contributed by atoms with E-state index >= 15 is 0 Å². The lowest BCUT2D eigenvalue weighted by atomic mass is 9.92. The lowest BCUT2D eigenvalue weighted by Gasteiger charge is -2.31. The van der Waals surface area contributed by atoms with Crippen LogP contribution in [0.1, 0.15) is 12.5 Å². The minimum absolute atomic E-state index is 0.294. The second-order valence-electron chi connectivity index (χ2n) is 3.84. The van der Waals surface area contributed by atoms with Gasteiger partial charge in [-0.15, -0.1) is 0 Å². The normalized spacial score (nSPS) is 26.4. The summed E-state index contributed by atoms with van der Waals surface area (Å²) >= 11 is 6.03. The average Bonchev–Trinajstić information content (AvgIpc) is 2.06. The maximum atomic E-state index is 6.03. The molecule has 70 valence electrons. The van der Waals surface area contributed by atoms with Gasteiger partial charge in [-0.3, -0.25) is 0 Å². The lowest BCUT2D eigenvalue weighted by Crippen LogP contribution is -2.47. The standard InChI is InChI=1S/C10H12ClNO/c1-10(12)5-7-8(11)3-2-4-9(7)13-6-10/h2-4H,5-6,12H2,1H3. The molecule has 1 aromatic rings. The largest absolute Gasteiger partial charge is 0.491 e. The Morgan fingerprint density at radius 3 is 3.08 bits per heavy atom. The molecule has 2 N–H and O–H groups in total. The number of rotatable bonds is 0. The molecule has 0 fully saturated rings. The molecule has 1 aromatic carbocycles. The van der Waals surface area contributed by atoms with Crippen molar-refractivity contribution in [3.05, 3.63) is 28.8 Å². The van der Waals surface area contributed by atoms with Crippen LogP contribution in [0.4, 0.5) is 0 Å². The second-order valence-corrected chi connectivity index (χ2v) is 4.24. The van der Waals surface area contributed by atoms with Crippen LogP contribution in [-0.2, 0) is 6.42 Å². The first kappa shape index (κ1) is 8.85. The SMILES string of the molecule is CC1(N)COc2cccc(Cl)c2C1. The zero-order valence-electron chi connectivity index (χ0n) is 7.51. The maximum Gasteiger partial charge on any atom is 0.124 e. The van der Waals surface area contributed by atoms with E-state index < -0.39 is 0 Å². The molecule has 0 saturated heterocycles. The van der Waals surface area contributed by atoms with E-state index in [4.69, 9.17) is 22.1 Å². The Balaban J connectivity index is 2.44. The highest BCUT2D eigenvalue weighted by Crippen LogP contribution is 2.33. The minimum Gasteiger partial charge on any atom is -0.491 e. The van der Waals surface area contributed by atoms with Crippen LogP contribution in [0.15, 0.2) is 18.2 Å². The number of hydrogen-bond donors (Lipinski definition) is 1. The fourth-order valence-electron chi connectivity index (χ4n) is 1.54. The van der Waals surface area contributed by atoms with Gasteiger partial charge in [-0.25, -0.2) is 0 Å². The van der Waals surface area contributed by atoms with Gasteiger partial charge in [0, 0.05) is 10.6 Å². The van der Waals surface area contributed by atoms with Crippen molar-refractivity contribution in [3.8, 4) is 5.75 Å². The van der Waals surface area contributed by atoms with Gasteiger partial charge >= 0.3 is 0 Å². The molecular weight excluding hydrogens is 186 g/mol. The number of nitrogens with two attached hydrogens (primary N) is 1. The van der Waals surface area contributed by atoms with Crippen molar-refractivity contribution >= 4 is 11.6 Å². The third-order valence-corrected chi connectivity index (χ3v) is 2.57. The summed E-state index contributed by atoms with van der Waals surface area (Å²) in [6, 6.07) is 5.68. The summed E-state index contributed by atoms with van der Waals surface area (Å²) in [6.45, 7) is 2.53. The van der Waals surface area contributed by atoms with Crippen LogP contribution in [0.25, 0.3) is 0 Å². The summed E-state index contributed by atoms with van der Waals surface area (Å²) in [5.41, 5.74) is 6.71. The molecule has 0 aliphatic carbocycles. The first-order chi connectivity index (χ1) is 6.08. The van der Waals surface area contributed by atoms with Crippen LogP contribution in [0.3, 0.4) is 0 Å². The fourth-order valence-corrected chi connectivity index (χ4v) is 1.78. The lowest BCUT2D eigenvalue weighted by molar-refractivity contribution is 0.204. The summed E-state index contributed by atoms with van der Waals surface area (Å²) < 4.78 is 5.51. The third-order valence-electron chi connectivity index (χ3n) is 2.21. The highest BCUT2D eigenvalue weighted by Gasteiger charge is 2.28. The Hall–Kier alpha value is -0.730. The van der Waals surface area contributed by atoms with Crippen molar-refractivity contribution in [2.24, 2.45) is 5.73 Å². The summed E-state index contributed by atoms with van der Waals surface area (Å²) in [4.78, 5) is 0. The molecular formula is C10H12ClNO. The fraction of sp³-hybridized carbons (Fsp3) is 0.400. The van der Waals surface area contributed by atoms with Crippen molar-refractivity contribution in [1.29, 1.82) is 0 Å². The molecule has 0 radical (unpaired) electrons. The van der Waals surface area contributed by atoms with Crippen molar-refractivity contribution < 1.29 is 4.74 Å². The Morgan fingerprint density at radius 1 is 1.54 bits per heavy atom. The maximum absolute atomic E-state index is 6.03. The van der Waals surface area contributed by atoms with E-state index in [0.29, 0.717) is 6.61 Å². The van der Waals surface area contributed by atoms with Crippen LogP contribution in [0.2, 0.25) is 5.02 Å². The molecule has 2 nitrogen and oxygen atoms in total. The molecule has 0 aromatic heterocycles. The number of halogens is 1. The van der Waals surface area contributed by atoms with E-state index in [1.165, 1.54) is 0 Å². The summed E-state index contributed by atoms with van der Waals surface area (Å²) in [6.07, 6.45) is 0.780. The van der Waals surface area contributed by atoms with Gasteiger partial charge in [0.05, 0.1) is 5.54 Å². The van der Waals surface area contributed by atoms with E-state index in [1.54, 1.807) is 0 Å². The molecule has 0 saturated carbocycles. The van der Waals surface area contributed by atoms with Gasteiger partial charge in [0.15, 0.2) is 0 Å². The van der Waals surface area contributed by atoms with E-state index in [1.807, 2.05) is 25.1 Å². The molecule has 1 aliphatic heterocycles. The Labute approximate surface area is 82.6 Å². The van der Waals surface area contributed by atoms with Gasteiger partial charge in [-0.2, -0.15) is 0 Å². The number of ether oxygens (including phenoxy) is 1. The first-order valence-corrected chi connectivity index (χ1v) is 4.65. The van der Waals surface area contributed by atoms with Crippen LogP contribution in [-0.4, -0.2) is 12.1 Å². The van der Waals surface area contributed by atoms with Crippen molar-refractivity contribution in [1.82, 2.24) is 0 Å². The van der Waals surface area contributed by atoms with Crippen LogP contribution in [0, 0.1) is 0 Å².